The highest BCUT2D eigenvalue weighted by Crippen LogP contribution is 2.26. The monoisotopic (exact) mass is 491 g/mol. The molecule has 6 nitrogen and oxygen atoms in total. The normalized spacial score (nSPS) is 10.4. The summed E-state index contributed by atoms with van der Waals surface area (Å²) in [5, 5.41) is 8.58. The summed E-state index contributed by atoms with van der Waals surface area (Å²) >= 11 is 8.66. The standard InChI is InChI=1S/C22H26BrN3O3S/c1-4-11-24-20(27)15-5-8-17(9-6-15)25-22(30)26-21(28)16-7-10-19(18(23)12-16)29-13-14(2)3/h5-10,12,14H,4,11,13H2,1-3H3,(H,24,27)(H2,25,26,28,30). The number of carbonyl (C=O) groups is 2. The molecular weight excluding hydrogens is 466 g/mol. The van der Waals surface area contributed by atoms with Gasteiger partial charge in [0, 0.05) is 23.4 Å². The number of benzene rings is 2. The lowest BCUT2D eigenvalue weighted by Crippen LogP contribution is -2.34. The van der Waals surface area contributed by atoms with Gasteiger partial charge in [-0.15, -0.1) is 0 Å². The summed E-state index contributed by atoms with van der Waals surface area (Å²) in [6.45, 7) is 7.36. The van der Waals surface area contributed by atoms with Gasteiger partial charge >= 0.3 is 0 Å². The average molecular weight is 492 g/mol. The molecule has 0 unspecified atom stereocenters. The fraction of sp³-hybridized carbons (Fsp3) is 0.318. The maximum atomic E-state index is 12.5. The average Bonchev–Trinajstić information content (AvgIpc) is 2.71. The van der Waals surface area contributed by atoms with Gasteiger partial charge in [0.25, 0.3) is 11.8 Å². The van der Waals surface area contributed by atoms with Crippen molar-refractivity contribution in [2.45, 2.75) is 27.2 Å². The zero-order chi connectivity index (χ0) is 22.1. The molecule has 0 aliphatic carbocycles. The van der Waals surface area contributed by atoms with Crippen LogP contribution in [0.25, 0.3) is 0 Å². The predicted molar refractivity (Wildman–Crippen MR) is 127 cm³/mol. The fourth-order valence-corrected chi connectivity index (χ4v) is 3.10. The Morgan fingerprint density at radius 2 is 1.73 bits per heavy atom. The molecule has 2 amide bonds. The van der Waals surface area contributed by atoms with Crippen LogP contribution < -0.4 is 20.7 Å². The van der Waals surface area contributed by atoms with E-state index in [0.717, 1.165) is 6.42 Å². The molecule has 0 aliphatic heterocycles. The number of nitrogens with one attached hydrogen (secondary N) is 3. The molecule has 2 aromatic rings. The highest BCUT2D eigenvalue weighted by Gasteiger charge is 2.12. The molecular formula is C22H26BrN3O3S. The molecule has 0 bridgehead atoms. The summed E-state index contributed by atoms with van der Waals surface area (Å²) in [5.74, 6) is 0.636. The maximum absolute atomic E-state index is 12.5. The molecule has 0 spiro atoms. The van der Waals surface area contributed by atoms with Crippen molar-refractivity contribution in [1.29, 1.82) is 0 Å². The maximum Gasteiger partial charge on any atom is 0.257 e. The third-order valence-corrected chi connectivity index (χ3v) is 4.76. The number of ether oxygens (including phenoxy) is 1. The van der Waals surface area contributed by atoms with Gasteiger partial charge in [0.2, 0.25) is 0 Å². The smallest absolute Gasteiger partial charge is 0.257 e. The Morgan fingerprint density at radius 3 is 2.33 bits per heavy atom. The fourth-order valence-electron chi connectivity index (χ4n) is 2.40. The van der Waals surface area contributed by atoms with Crippen molar-refractivity contribution in [2.75, 3.05) is 18.5 Å². The lowest BCUT2D eigenvalue weighted by molar-refractivity contribution is 0.0951. The highest BCUT2D eigenvalue weighted by molar-refractivity contribution is 9.10. The van der Waals surface area contributed by atoms with Crippen LogP contribution >= 0.6 is 28.1 Å². The number of rotatable bonds is 8. The van der Waals surface area contributed by atoms with Crippen molar-refractivity contribution < 1.29 is 14.3 Å². The van der Waals surface area contributed by atoms with Gasteiger partial charge in [-0.3, -0.25) is 14.9 Å². The van der Waals surface area contributed by atoms with Crippen molar-refractivity contribution in [3.63, 3.8) is 0 Å². The lowest BCUT2D eigenvalue weighted by atomic mass is 10.2. The van der Waals surface area contributed by atoms with Crippen molar-refractivity contribution in [1.82, 2.24) is 10.6 Å². The number of anilines is 1. The molecule has 0 atom stereocenters. The predicted octanol–water partition coefficient (Wildman–Crippen LogP) is 4.75. The molecule has 0 saturated carbocycles. The van der Waals surface area contributed by atoms with Crippen LogP contribution in [0.3, 0.4) is 0 Å². The van der Waals surface area contributed by atoms with E-state index in [1.165, 1.54) is 0 Å². The minimum Gasteiger partial charge on any atom is -0.492 e. The van der Waals surface area contributed by atoms with Gasteiger partial charge in [-0.05, 0) is 83.0 Å². The molecule has 0 heterocycles. The second-order valence-corrected chi connectivity index (χ2v) is 8.35. The Labute approximate surface area is 190 Å². The summed E-state index contributed by atoms with van der Waals surface area (Å²) in [6, 6.07) is 12.0. The number of carbonyl (C=O) groups excluding carboxylic acids is 2. The Hall–Kier alpha value is -2.45. The van der Waals surface area contributed by atoms with Crippen molar-refractivity contribution in [3.8, 4) is 5.75 Å². The Kier molecular flexibility index (Phi) is 9.26. The molecule has 0 fully saturated rings. The van der Waals surface area contributed by atoms with Crippen LogP contribution in [0.15, 0.2) is 46.9 Å². The quantitative estimate of drug-likeness (QED) is 0.464. The molecule has 160 valence electrons. The van der Waals surface area contributed by atoms with E-state index in [2.05, 4.69) is 45.7 Å². The van der Waals surface area contributed by atoms with Crippen LogP contribution in [0.1, 0.15) is 47.9 Å². The minimum absolute atomic E-state index is 0.120. The number of halogens is 1. The van der Waals surface area contributed by atoms with Crippen molar-refractivity contribution in [3.05, 3.63) is 58.1 Å². The van der Waals surface area contributed by atoms with Crippen LogP contribution in [0.5, 0.6) is 5.75 Å². The zero-order valence-electron chi connectivity index (χ0n) is 17.3. The topological polar surface area (TPSA) is 79.5 Å². The first kappa shape index (κ1) is 23.8. The molecule has 30 heavy (non-hydrogen) atoms. The Bertz CT molecular complexity index is 901. The lowest BCUT2D eigenvalue weighted by Gasteiger charge is -2.13. The number of hydrogen-bond acceptors (Lipinski definition) is 4. The summed E-state index contributed by atoms with van der Waals surface area (Å²) in [4.78, 5) is 24.4. The van der Waals surface area contributed by atoms with E-state index in [1.807, 2.05) is 6.92 Å². The van der Waals surface area contributed by atoms with Crippen molar-refractivity contribution >= 4 is 50.8 Å². The van der Waals surface area contributed by atoms with Gasteiger partial charge in [0.05, 0.1) is 11.1 Å². The van der Waals surface area contributed by atoms with E-state index < -0.39 is 0 Å². The van der Waals surface area contributed by atoms with Crippen LogP contribution in [-0.4, -0.2) is 30.1 Å². The zero-order valence-corrected chi connectivity index (χ0v) is 19.7. The van der Waals surface area contributed by atoms with Crippen LogP contribution in [0, 0.1) is 5.92 Å². The Morgan fingerprint density at radius 1 is 1.07 bits per heavy atom. The first-order valence-corrected chi connectivity index (χ1v) is 10.9. The third kappa shape index (κ3) is 7.42. The molecule has 0 saturated heterocycles. The largest absolute Gasteiger partial charge is 0.492 e. The summed E-state index contributed by atoms with van der Waals surface area (Å²) < 4.78 is 6.40. The van der Waals surface area contributed by atoms with Gasteiger partial charge in [0.1, 0.15) is 5.75 Å². The SMILES string of the molecule is CCCNC(=O)c1ccc(NC(=S)NC(=O)c2ccc(OCC(C)C)c(Br)c2)cc1. The molecule has 2 rings (SSSR count). The van der Waals surface area contributed by atoms with E-state index in [1.54, 1.807) is 42.5 Å². The molecule has 3 N–H and O–H groups in total. The highest BCUT2D eigenvalue weighted by atomic mass is 79.9. The minimum atomic E-state index is -0.334. The summed E-state index contributed by atoms with van der Waals surface area (Å²) in [5.41, 5.74) is 1.69. The van der Waals surface area contributed by atoms with E-state index >= 15 is 0 Å². The molecule has 0 aromatic heterocycles. The van der Waals surface area contributed by atoms with E-state index in [0.29, 0.717) is 46.1 Å². The molecule has 2 aromatic carbocycles. The molecule has 0 aliphatic rings. The van der Waals surface area contributed by atoms with Crippen molar-refractivity contribution in [2.24, 2.45) is 5.92 Å². The summed E-state index contributed by atoms with van der Waals surface area (Å²) in [7, 11) is 0. The number of thiocarbonyl (C=S) groups is 1. The molecule has 0 radical (unpaired) electrons. The van der Waals surface area contributed by atoms with Crippen LogP contribution in [0.4, 0.5) is 5.69 Å². The van der Waals surface area contributed by atoms with E-state index in [-0.39, 0.29) is 16.9 Å². The summed E-state index contributed by atoms with van der Waals surface area (Å²) in [6.07, 6.45) is 0.879. The molecule has 8 heteroatoms. The van der Waals surface area contributed by atoms with Gasteiger partial charge in [0.15, 0.2) is 5.11 Å². The van der Waals surface area contributed by atoms with E-state index in [9.17, 15) is 9.59 Å². The van der Waals surface area contributed by atoms with Gasteiger partial charge in [-0.25, -0.2) is 0 Å². The van der Waals surface area contributed by atoms with Gasteiger partial charge < -0.3 is 15.4 Å². The van der Waals surface area contributed by atoms with Gasteiger partial charge in [-0.2, -0.15) is 0 Å². The Balaban J connectivity index is 1.92. The first-order valence-electron chi connectivity index (χ1n) is 9.73. The van der Waals surface area contributed by atoms with Gasteiger partial charge in [-0.1, -0.05) is 20.8 Å². The second kappa shape index (κ2) is 11.7. The second-order valence-electron chi connectivity index (χ2n) is 7.09. The number of amides is 2. The third-order valence-electron chi connectivity index (χ3n) is 3.93. The first-order chi connectivity index (χ1) is 14.3. The number of hydrogen-bond donors (Lipinski definition) is 3. The van der Waals surface area contributed by atoms with Crippen LogP contribution in [0.2, 0.25) is 0 Å². The van der Waals surface area contributed by atoms with Crippen LogP contribution in [-0.2, 0) is 0 Å². The van der Waals surface area contributed by atoms with E-state index in [4.69, 9.17) is 17.0 Å².